The zero-order valence-corrected chi connectivity index (χ0v) is 20.4. The molecule has 0 radical (unpaired) electrons. The van der Waals surface area contributed by atoms with Crippen molar-refractivity contribution in [2.75, 3.05) is 45.2 Å². The van der Waals surface area contributed by atoms with E-state index in [9.17, 15) is 4.79 Å². The van der Waals surface area contributed by atoms with Crippen LogP contribution in [0.15, 0.2) is 42.5 Å². The molecule has 3 aliphatic heterocycles. The van der Waals surface area contributed by atoms with Crippen molar-refractivity contribution >= 4 is 11.8 Å². The number of fused-ring (bicyclic) bond motifs is 1. The minimum atomic E-state index is -0.295. The highest BCUT2D eigenvalue weighted by molar-refractivity contribution is 5.77. The Kier molecular flexibility index (Phi) is 7.45. The summed E-state index contributed by atoms with van der Waals surface area (Å²) in [5.41, 5.74) is 3.65. The number of nitrogens with one attached hydrogen (secondary N) is 1. The number of piperidine rings is 2. The molecular formula is C28H38N4O2. The van der Waals surface area contributed by atoms with Gasteiger partial charge in [-0.25, -0.2) is 9.78 Å². The van der Waals surface area contributed by atoms with E-state index in [0.717, 1.165) is 62.6 Å². The fourth-order valence-corrected chi connectivity index (χ4v) is 6.05. The molecule has 34 heavy (non-hydrogen) atoms. The number of anilines is 1. The molecule has 4 heterocycles. The van der Waals surface area contributed by atoms with Gasteiger partial charge in [0.25, 0.3) is 0 Å². The van der Waals surface area contributed by atoms with Crippen molar-refractivity contribution in [3.8, 4) is 0 Å². The summed E-state index contributed by atoms with van der Waals surface area (Å²) in [5.74, 6) is 1.69. The first-order valence-corrected chi connectivity index (χ1v) is 13.0. The van der Waals surface area contributed by atoms with Crippen molar-refractivity contribution in [2.24, 2.45) is 5.92 Å². The van der Waals surface area contributed by atoms with Gasteiger partial charge in [0.2, 0.25) is 0 Å². The summed E-state index contributed by atoms with van der Waals surface area (Å²) in [6.45, 7) is 5.28. The lowest BCUT2D eigenvalue weighted by molar-refractivity contribution is -0.148. The van der Waals surface area contributed by atoms with E-state index < -0.39 is 0 Å². The molecule has 6 heteroatoms. The predicted octanol–water partition coefficient (Wildman–Crippen LogP) is 4.07. The van der Waals surface area contributed by atoms with Crippen LogP contribution in [0.4, 0.5) is 5.82 Å². The number of carbonyl (C=O) groups is 1. The van der Waals surface area contributed by atoms with Crippen molar-refractivity contribution in [3.63, 3.8) is 0 Å². The fraction of sp³-hybridized carbons (Fsp3) is 0.571. The van der Waals surface area contributed by atoms with Crippen LogP contribution < -0.4 is 5.32 Å². The number of carbonyl (C=O) groups excluding carboxylic acids is 1. The Morgan fingerprint density at radius 2 is 1.82 bits per heavy atom. The maximum Gasteiger partial charge on any atom is 0.327 e. The third kappa shape index (κ3) is 5.28. The van der Waals surface area contributed by atoms with Gasteiger partial charge in [-0.3, -0.25) is 4.90 Å². The number of likely N-dealkylation sites (tertiary alicyclic amines) is 2. The first-order valence-electron chi connectivity index (χ1n) is 13.0. The van der Waals surface area contributed by atoms with Crippen LogP contribution in [0.5, 0.6) is 0 Å². The summed E-state index contributed by atoms with van der Waals surface area (Å²) in [4.78, 5) is 22.5. The molecule has 0 bridgehead atoms. The second-order valence-electron chi connectivity index (χ2n) is 10.1. The topological polar surface area (TPSA) is 57.7 Å². The van der Waals surface area contributed by atoms with Gasteiger partial charge in [0.15, 0.2) is 0 Å². The third-order valence-electron chi connectivity index (χ3n) is 8.02. The molecule has 3 aliphatic rings. The molecule has 0 spiro atoms. The lowest BCUT2D eigenvalue weighted by atomic mass is 9.89. The van der Waals surface area contributed by atoms with Crippen molar-refractivity contribution in [1.82, 2.24) is 14.8 Å². The van der Waals surface area contributed by atoms with E-state index in [-0.39, 0.29) is 12.0 Å². The van der Waals surface area contributed by atoms with Gasteiger partial charge in [-0.1, -0.05) is 36.4 Å². The van der Waals surface area contributed by atoms with Crippen LogP contribution in [-0.2, 0) is 22.4 Å². The zero-order chi connectivity index (χ0) is 23.3. The maximum atomic E-state index is 12.6. The summed E-state index contributed by atoms with van der Waals surface area (Å²) in [6.07, 6.45) is 8.19. The lowest BCUT2D eigenvalue weighted by Gasteiger charge is -2.43. The quantitative estimate of drug-likeness (QED) is 0.653. The van der Waals surface area contributed by atoms with Crippen LogP contribution in [0.1, 0.15) is 55.0 Å². The van der Waals surface area contributed by atoms with E-state index in [1.807, 2.05) is 30.3 Å². The van der Waals surface area contributed by atoms with Crippen LogP contribution in [-0.4, -0.2) is 66.6 Å². The second-order valence-corrected chi connectivity index (χ2v) is 10.1. The smallest absolute Gasteiger partial charge is 0.327 e. The van der Waals surface area contributed by atoms with E-state index in [2.05, 4.69) is 27.2 Å². The highest BCUT2D eigenvalue weighted by Crippen LogP contribution is 2.30. The second kappa shape index (κ2) is 10.9. The average Bonchev–Trinajstić information content (AvgIpc) is 2.90. The molecule has 2 saturated heterocycles. The standard InChI is InChI=1S/C28H38N4O2/c1-34-28(33)26(22-6-3-2-4-7-22)32-18-13-25(14-19-32)31-16-11-21(12-17-31)20-24-10-9-23-8-5-15-29-27(23)30-24/h2-4,6-7,9-10,21,25-26H,5,8,11-20H2,1H3,(H,29,30). The van der Waals surface area contributed by atoms with Crippen molar-refractivity contribution in [1.29, 1.82) is 0 Å². The van der Waals surface area contributed by atoms with Crippen molar-refractivity contribution < 1.29 is 9.53 Å². The van der Waals surface area contributed by atoms with Crippen molar-refractivity contribution in [3.05, 3.63) is 59.3 Å². The van der Waals surface area contributed by atoms with E-state index >= 15 is 0 Å². The molecule has 0 aliphatic carbocycles. The number of aromatic nitrogens is 1. The average molecular weight is 463 g/mol. The van der Waals surface area contributed by atoms with Gasteiger partial charge in [-0.15, -0.1) is 0 Å². The number of benzene rings is 1. The monoisotopic (exact) mass is 462 g/mol. The minimum absolute atomic E-state index is 0.156. The van der Waals surface area contributed by atoms with Crippen LogP contribution >= 0.6 is 0 Å². The first-order chi connectivity index (χ1) is 16.7. The number of hydrogen-bond donors (Lipinski definition) is 1. The minimum Gasteiger partial charge on any atom is -0.468 e. The van der Waals surface area contributed by atoms with Gasteiger partial charge in [0, 0.05) is 31.4 Å². The van der Waals surface area contributed by atoms with Crippen molar-refractivity contribution in [2.45, 2.75) is 57.0 Å². The molecule has 6 nitrogen and oxygen atoms in total. The van der Waals surface area contributed by atoms with E-state index in [4.69, 9.17) is 9.72 Å². The summed E-state index contributed by atoms with van der Waals surface area (Å²) in [6, 6.07) is 14.9. The van der Waals surface area contributed by atoms with Gasteiger partial charge < -0.3 is 15.0 Å². The molecule has 5 rings (SSSR count). The van der Waals surface area contributed by atoms with Gasteiger partial charge in [-0.05, 0) is 81.1 Å². The molecule has 182 valence electrons. The van der Waals surface area contributed by atoms with E-state index in [1.54, 1.807) is 0 Å². The molecule has 1 aromatic carbocycles. The normalized spacial score (nSPS) is 21.4. The summed E-state index contributed by atoms with van der Waals surface area (Å²) in [7, 11) is 1.49. The summed E-state index contributed by atoms with van der Waals surface area (Å²) < 4.78 is 5.15. The van der Waals surface area contributed by atoms with Crippen LogP contribution in [0, 0.1) is 5.92 Å². The zero-order valence-electron chi connectivity index (χ0n) is 20.4. The van der Waals surface area contributed by atoms with E-state index in [0.29, 0.717) is 6.04 Å². The molecule has 1 N–H and O–H groups in total. The number of ether oxygens (including phenoxy) is 1. The number of aryl methyl sites for hydroxylation is 1. The highest BCUT2D eigenvalue weighted by atomic mass is 16.5. The van der Waals surface area contributed by atoms with Gasteiger partial charge >= 0.3 is 5.97 Å². The molecular weight excluding hydrogens is 424 g/mol. The fourth-order valence-electron chi connectivity index (χ4n) is 6.05. The number of nitrogens with zero attached hydrogens (tertiary/aromatic N) is 3. The molecule has 2 aromatic rings. The molecule has 1 aromatic heterocycles. The Morgan fingerprint density at radius 3 is 2.56 bits per heavy atom. The van der Waals surface area contributed by atoms with Gasteiger partial charge in [-0.2, -0.15) is 0 Å². The maximum absolute atomic E-state index is 12.6. The molecule has 0 saturated carbocycles. The molecule has 2 fully saturated rings. The third-order valence-corrected chi connectivity index (χ3v) is 8.02. The van der Waals surface area contributed by atoms with Crippen LogP contribution in [0.3, 0.4) is 0 Å². The Morgan fingerprint density at radius 1 is 1.06 bits per heavy atom. The molecule has 0 amide bonds. The Bertz CT molecular complexity index is 950. The van der Waals surface area contributed by atoms with Gasteiger partial charge in [0.1, 0.15) is 11.9 Å². The number of methoxy groups -OCH3 is 1. The lowest BCUT2D eigenvalue weighted by Crippen LogP contribution is -2.49. The van der Waals surface area contributed by atoms with Crippen LogP contribution in [0.25, 0.3) is 0 Å². The summed E-state index contributed by atoms with van der Waals surface area (Å²) >= 11 is 0. The Hall–Kier alpha value is -2.44. The number of pyridine rings is 1. The number of rotatable bonds is 6. The SMILES string of the molecule is COC(=O)C(c1ccccc1)N1CCC(N2CCC(Cc3ccc4c(n3)NCCC4)CC2)CC1. The first kappa shape index (κ1) is 23.3. The largest absolute Gasteiger partial charge is 0.468 e. The highest BCUT2D eigenvalue weighted by Gasteiger charge is 2.34. The van der Waals surface area contributed by atoms with Crippen LogP contribution in [0.2, 0.25) is 0 Å². The predicted molar refractivity (Wildman–Crippen MR) is 135 cm³/mol. The number of hydrogen-bond acceptors (Lipinski definition) is 6. The summed E-state index contributed by atoms with van der Waals surface area (Å²) in [5, 5.41) is 3.47. The van der Waals surface area contributed by atoms with Gasteiger partial charge in [0.05, 0.1) is 7.11 Å². The Balaban J connectivity index is 1.12. The Labute approximate surface area is 203 Å². The number of esters is 1. The molecule has 1 atom stereocenters. The molecule has 1 unspecified atom stereocenters. The van der Waals surface area contributed by atoms with E-state index in [1.165, 1.54) is 50.7 Å².